The molecule has 6 heteroatoms. The number of anilines is 1. The molecule has 5 rings (SSSR count). The molecule has 0 aliphatic carbocycles. The molecule has 4 aromatic rings. The molecule has 1 N–H and O–H groups in total. The second-order valence-electron chi connectivity index (χ2n) is 8.39. The lowest BCUT2D eigenvalue weighted by Crippen LogP contribution is -2.31. The van der Waals surface area contributed by atoms with Gasteiger partial charge in [0.2, 0.25) is 0 Å². The Morgan fingerprint density at radius 3 is 1.97 bits per heavy atom. The molecule has 3 aromatic carbocycles. The number of carbonyl (C=O) groups is 1. The molecule has 0 spiro atoms. The number of ether oxygens (including phenoxy) is 1. The van der Waals surface area contributed by atoms with Crippen molar-refractivity contribution in [2.24, 2.45) is 4.99 Å². The Morgan fingerprint density at radius 2 is 1.47 bits per heavy atom. The van der Waals surface area contributed by atoms with Crippen molar-refractivity contribution in [3.8, 4) is 0 Å². The van der Waals surface area contributed by atoms with Gasteiger partial charge in [-0.25, -0.2) is 4.79 Å². The number of benzene rings is 3. The highest BCUT2D eigenvalue weighted by Crippen LogP contribution is 2.42. The largest absolute Gasteiger partial charge is 0.463 e. The molecule has 2 heterocycles. The van der Waals surface area contributed by atoms with Gasteiger partial charge >= 0.3 is 5.97 Å². The summed E-state index contributed by atoms with van der Waals surface area (Å²) in [4.78, 5) is 19.4. The number of nitrogens with zero attached hydrogens (tertiary/aromatic N) is 1. The number of halogens is 1. The minimum absolute atomic E-state index is 0.319. The van der Waals surface area contributed by atoms with Crippen molar-refractivity contribution in [2.75, 3.05) is 11.9 Å². The fourth-order valence-electron chi connectivity index (χ4n) is 4.52. The molecule has 1 aliphatic rings. The molecule has 0 bridgehead atoms. The maximum Gasteiger partial charge on any atom is 0.334 e. The molecule has 0 atom stereocenters. The smallest absolute Gasteiger partial charge is 0.334 e. The van der Waals surface area contributed by atoms with Crippen molar-refractivity contribution < 1.29 is 9.53 Å². The average molecular weight is 558 g/mol. The van der Waals surface area contributed by atoms with Crippen LogP contribution in [-0.2, 0) is 15.1 Å². The molecule has 0 radical (unpaired) electrons. The molecule has 1 aliphatic heterocycles. The fraction of sp³-hybridized carbons (Fsp3) is 0.133. The molecular formula is C30H25BrN2O2S. The van der Waals surface area contributed by atoms with Gasteiger partial charge in [0.25, 0.3) is 0 Å². The number of amidine groups is 1. The van der Waals surface area contributed by atoms with E-state index in [1.54, 1.807) is 11.3 Å². The van der Waals surface area contributed by atoms with Crippen molar-refractivity contribution in [1.82, 2.24) is 0 Å². The topological polar surface area (TPSA) is 50.7 Å². The lowest BCUT2D eigenvalue weighted by atomic mass is 9.77. The van der Waals surface area contributed by atoms with Crippen LogP contribution < -0.4 is 5.32 Å². The number of hydrogen-bond donors (Lipinski definition) is 1. The lowest BCUT2D eigenvalue weighted by Gasteiger charge is -2.33. The van der Waals surface area contributed by atoms with Crippen LogP contribution in [0.3, 0.4) is 0 Å². The molecule has 180 valence electrons. The zero-order chi connectivity index (χ0) is 25.0. The summed E-state index contributed by atoms with van der Waals surface area (Å²) in [5.74, 6) is 0.365. The van der Waals surface area contributed by atoms with Crippen LogP contribution in [0.15, 0.2) is 111 Å². The highest BCUT2D eigenvalue weighted by molar-refractivity contribution is 9.11. The highest BCUT2D eigenvalue weighted by atomic mass is 79.9. The molecule has 0 amide bonds. The average Bonchev–Trinajstić information content (AvgIpc) is 3.17. The standard InChI is InChI=1S/C30H25BrN2O2S/c1-2-35-29(34)21-18-26-25(20-27(31)36-26)32-28(19-21)33-30(22-12-6-3-7-13-22,23-14-8-4-9-15-23)24-16-10-5-11-17-24/h3-18,20H,2,19H2,1H3,(H,32,33). The minimum Gasteiger partial charge on any atom is -0.463 e. The third-order valence-electron chi connectivity index (χ3n) is 6.09. The van der Waals surface area contributed by atoms with Crippen LogP contribution in [0, 0.1) is 0 Å². The summed E-state index contributed by atoms with van der Waals surface area (Å²) in [6.45, 7) is 2.14. The molecule has 0 saturated carbocycles. The molecule has 4 nitrogen and oxygen atoms in total. The molecule has 36 heavy (non-hydrogen) atoms. The predicted molar refractivity (Wildman–Crippen MR) is 152 cm³/mol. The van der Waals surface area contributed by atoms with Gasteiger partial charge in [0.05, 0.1) is 21.0 Å². The first-order valence-electron chi connectivity index (χ1n) is 11.8. The van der Waals surface area contributed by atoms with Crippen LogP contribution >= 0.6 is 27.3 Å². The lowest BCUT2D eigenvalue weighted by molar-refractivity contribution is -0.138. The maximum absolute atomic E-state index is 12.9. The second kappa shape index (κ2) is 10.6. The fourth-order valence-corrected chi connectivity index (χ4v) is 6.08. The first kappa shape index (κ1) is 24.2. The van der Waals surface area contributed by atoms with Crippen molar-refractivity contribution in [3.63, 3.8) is 0 Å². The van der Waals surface area contributed by atoms with Gasteiger partial charge in [0.1, 0.15) is 11.4 Å². The van der Waals surface area contributed by atoms with Gasteiger partial charge in [-0.2, -0.15) is 0 Å². The third kappa shape index (κ3) is 4.79. The normalized spacial score (nSPS) is 14.4. The number of thiophene rings is 1. The quantitative estimate of drug-likeness (QED) is 0.196. The summed E-state index contributed by atoms with van der Waals surface area (Å²) >= 11 is 5.16. The van der Waals surface area contributed by atoms with E-state index in [0.717, 1.165) is 31.0 Å². The van der Waals surface area contributed by atoms with Gasteiger partial charge in [0.15, 0.2) is 0 Å². The number of aliphatic imine (C=N–C) groups is 1. The van der Waals surface area contributed by atoms with E-state index in [4.69, 9.17) is 9.73 Å². The van der Waals surface area contributed by atoms with Crippen LogP contribution in [-0.4, -0.2) is 18.4 Å². The summed E-state index contributed by atoms with van der Waals surface area (Å²) in [7, 11) is 0. The van der Waals surface area contributed by atoms with Crippen LogP contribution in [0.4, 0.5) is 5.69 Å². The van der Waals surface area contributed by atoms with E-state index in [0.29, 0.717) is 24.4 Å². The molecule has 0 fully saturated rings. The number of nitrogens with one attached hydrogen (secondary N) is 1. The van der Waals surface area contributed by atoms with Gasteiger partial charge in [-0.05, 0) is 51.7 Å². The Balaban J connectivity index is 1.76. The second-order valence-corrected chi connectivity index (χ2v) is 10.9. The number of esters is 1. The SMILES string of the molecule is CCOC(=O)C1=Cc2sc(Br)cc2NC(=NC(c2ccccc2)(c2ccccc2)c2ccccc2)C1. The summed E-state index contributed by atoms with van der Waals surface area (Å²) in [6, 6.07) is 32.9. The van der Waals surface area contributed by atoms with E-state index in [2.05, 4.69) is 57.6 Å². The number of rotatable bonds is 6. The van der Waals surface area contributed by atoms with Crippen LogP contribution in [0.1, 0.15) is 34.9 Å². The number of carbonyl (C=O) groups excluding carboxylic acids is 1. The van der Waals surface area contributed by atoms with Gasteiger partial charge < -0.3 is 10.1 Å². The van der Waals surface area contributed by atoms with Crippen molar-refractivity contribution in [1.29, 1.82) is 0 Å². The monoisotopic (exact) mass is 556 g/mol. The van der Waals surface area contributed by atoms with E-state index in [1.807, 2.05) is 73.7 Å². The maximum atomic E-state index is 12.9. The Bertz CT molecular complexity index is 1320. The zero-order valence-corrected chi connectivity index (χ0v) is 22.2. The molecule has 0 unspecified atom stereocenters. The van der Waals surface area contributed by atoms with Crippen LogP contribution in [0.25, 0.3) is 6.08 Å². The van der Waals surface area contributed by atoms with E-state index in [-0.39, 0.29) is 5.97 Å². The van der Waals surface area contributed by atoms with Gasteiger partial charge in [-0.1, -0.05) is 91.0 Å². The summed E-state index contributed by atoms with van der Waals surface area (Å²) in [5.41, 5.74) is 3.76. The van der Waals surface area contributed by atoms with Crippen molar-refractivity contribution in [3.05, 3.63) is 128 Å². The van der Waals surface area contributed by atoms with Gasteiger partial charge in [-0.15, -0.1) is 11.3 Å². The minimum atomic E-state index is -0.830. The van der Waals surface area contributed by atoms with E-state index in [9.17, 15) is 4.79 Å². The van der Waals surface area contributed by atoms with E-state index >= 15 is 0 Å². The Hall–Kier alpha value is -3.48. The predicted octanol–water partition coefficient (Wildman–Crippen LogP) is 7.66. The third-order valence-corrected chi connectivity index (χ3v) is 7.67. The zero-order valence-electron chi connectivity index (χ0n) is 19.8. The molecule has 0 saturated heterocycles. The van der Waals surface area contributed by atoms with Gasteiger partial charge in [-0.3, -0.25) is 4.99 Å². The Morgan fingerprint density at radius 1 is 0.944 bits per heavy atom. The number of fused-ring (bicyclic) bond motifs is 1. The molecular weight excluding hydrogens is 532 g/mol. The van der Waals surface area contributed by atoms with Crippen LogP contribution in [0.5, 0.6) is 0 Å². The Labute approximate surface area is 223 Å². The highest BCUT2D eigenvalue weighted by Gasteiger charge is 2.37. The number of hydrogen-bond acceptors (Lipinski definition) is 4. The summed E-state index contributed by atoms with van der Waals surface area (Å²) < 4.78 is 6.37. The Kier molecular flexibility index (Phi) is 7.16. The van der Waals surface area contributed by atoms with Gasteiger partial charge in [0, 0.05) is 12.0 Å². The summed E-state index contributed by atoms with van der Waals surface area (Å²) in [5, 5.41) is 3.54. The first-order valence-corrected chi connectivity index (χ1v) is 13.4. The molecule has 1 aromatic heterocycles. The summed E-state index contributed by atoms with van der Waals surface area (Å²) in [6.07, 6.45) is 2.24. The van der Waals surface area contributed by atoms with E-state index in [1.165, 1.54) is 0 Å². The van der Waals surface area contributed by atoms with Crippen LogP contribution in [0.2, 0.25) is 0 Å². The first-order chi connectivity index (χ1) is 17.6. The van der Waals surface area contributed by atoms with E-state index < -0.39 is 5.54 Å². The van der Waals surface area contributed by atoms with Crippen molar-refractivity contribution >= 4 is 50.8 Å². The van der Waals surface area contributed by atoms with Crippen molar-refractivity contribution in [2.45, 2.75) is 18.9 Å².